The Morgan fingerprint density at radius 1 is 1.07 bits per heavy atom. The predicted octanol–water partition coefficient (Wildman–Crippen LogP) is 3.84. The molecule has 1 aliphatic rings. The van der Waals surface area contributed by atoms with Gasteiger partial charge in [0.1, 0.15) is 12.1 Å². The van der Waals surface area contributed by atoms with Crippen LogP contribution in [0.25, 0.3) is 11.5 Å². The molecule has 0 saturated carbocycles. The molecule has 1 aliphatic heterocycles. The molecule has 156 valence electrons. The monoisotopic (exact) mass is 418 g/mol. The molecular formula is C20H17F3N4O3. The van der Waals surface area contributed by atoms with Crippen LogP contribution >= 0.6 is 0 Å². The Balaban J connectivity index is 1.41. The second kappa shape index (κ2) is 8.15. The van der Waals surface area contributed by atoms with Gasteiger partial charge in [-0.1, -0.05) is 0 Å². The number of nitrogens with one attached hydrogen (secondary N) is 1. The van der Waals surface area contributed by atoms with Crippen molar-refractivity contribution < 1.29 is 27.1 Å². The van der Waals surface area contributed by atoms with Crippen LogP contribution < -0.4 is 10.2 Å². The smallest absolute Gasteiger partial charge is 0.416 e. The van der Waals surface area contributed by atoms with Crippen LogP contribution in [0.2, 0.25) is 0 Å². The summed E-state index contributed by atoms with van der Waals surface area (Å²) >= 11 is 0. The van der Waals surface area contributed by atoms with Crippen molar-refractivity contribution in [3.05, 3.63) is 60.1 Å². The first-order valence-electron chi connectivity index (χ1n) is 9.13. The van der Waals surface area contributed by atoms with Crippen LogP contribution in [0.15, 0.2) is 53.3 Å². The van der Waals surface area contributed by atoms with Gasteiger partial charge >= 0.3 is 6.18 Å². The summed E-state index contributed by atoms with van der Waals surface area (Å²) in [6.07, 6.45) is -1.73. The summed E-state index contributed by atoms with van der Waals surface area (Å²) in [7, 11) is 0. The number of aromatic nitrogens is 2. The fraction of sp³-hybridized carbons (Fsp3) is 0.250. The fourth-order valence-corrected chi connectivity index (χ4v) is 2.95. The van der Waals surface area contributed by atoms with E-state index in [-0.39, 0.29) is 11.6 Å². The molecular weight excluding hydrogens is 401 g/mol. The number of rotatable bonds is 4. The van der Waals surface area contributed by atoms with Crippen LogP contribution in [0.5, 0.6) is 0 Å². The molecule has 0 radical (unpaired) electrons. The molecule has 3 heterocycles. The van der Waals surface area contributed by atoms with Crippen molar-refractivity contribution in [3.63, 3.8) is 0 Å². The first-order chi connectivity index (χ1) is 14.4. The Labute approximate surface area is 169 Å². The molecule has 4 rings (SSSR count). The van der Waals surface area contributed by atoms with Gasteiger partial charge < -0.3 is 19.4 Å². The largest absolute Gasteiger partial charge is 0.444 e. The SMILES string of the molecule is O=C(Nc1ccc(N2CCOCC2)nc1)c1coc(-c2ccc(C(F)(F)F)cc2)n1. The number of anilines is 2. The van der Waals surface area contributed by atoms with Gasteiger partial charge in [0, 0.05) is 18.7 Å². The van der Waals surface area contributed by atoms with E-state index in [9.17, 15) is 18.0 Å². The number of oxazole rings is 1. The summed E-state index contributed by atoms with van der Waals surface area (Å²) in [5.41, 5.74) is 0.0422. The van der Waals surface area contributed by atoms with Crippen molar-refractivity contribution in [1.82, 2.24) is 9.97 Å². The standard InChI is InChI=1S/C20H17F3N4O3/c21-20(22,23)14-3-1-13(2-4-14)19-26-16(12-30-19)18(28)25-15-5-6-17(24-11-15)27-7-9-29-10-8-27/h1-6,11-12H,7-10H2,(H,25,28). The highest BCUT2D eigenvalue weighted by Crippen LogP contribution is 2.30. The lowest BCUT2D eigenvalue weighted by atomic mass is 10.1. The molecule has 1 aromatic carbocycles. The number of amides is 1. The summed E-state index contributed by atoms with van der Waals surface area (Å²) in [6, 6.07) is 7.88. The molecule has 0 bridgehead atoms. The van der Waals surface area contributed by atoms with Crippen LogP contribution in [0.3, 0.4) is 0 Å². The van der Waals surface area contributed by atoms with Crippen molar-refractivity contribution in [2.24, 2.45) is 0 Å². The van der Waals surface area contributed by atoms with E-state index >= 15 is 0 Å². The summed E-state index contributed by atoms with van der Waals surface area (Å²) in [5.74, 6) is 0.329. The number of pyridine rings is 1. The van der Waals surface area contributed by atoms with Gasteiger partial charge in [0.15, 0.2) is 5.69 Å². The van der Waals surface area contributed by atoms with Gasteiger partial charge in [-0.05, 0) is 36.4 Å². The predicted molar refractivity (Wildman–Crippen MR) is 102 cm³/mol. The van der Waals surface area contributed by atoms with E-state index in [0.717, 1.165) is 37.3 Å². The number of morpholine rings is 1. The van der Waals surface area contributed by atoms with Crippen molar-refractivity contribution in [2.75, 3.05) is 36.5 Å². The second-order valence-electron chi connectivity index (χ2n) is 6.57. The van der Waals surface area contributed by atoms with Gasteiger partial charge in [-0.25, -0.2) is 9.97 Å². The summed E-state index contributed by atoms with van der Waals surface area (Å²) < 4.78 is 48.5. The Bertz CT molecular complexity index is 1010. The van der Waals surface area contributed by atoms with Crippen molar-refractivity contribution >= 4 is 17.4 Å². The van der Waals surface area contributed by atoms with E-state index in [1.165, 1.54) is 12.1 Å². The Morgan fingerprint density at radius 2 is 1.80 bits per heavy atom. The number of carbonyl (C=O) groups is 1. The lowest BCUT2D eigenvalue weighted by Crippen LogP contribution is -2.36. The highest BCUT2D eigenvalue weighted by molar-refractivity contribution is 6.02. The molecule has 7 nitrogen and oxygen atoms in total. The average Bonchev–Trinajstić information content (AvgIpc) is 3.25. The Morgan fingerprint density at radius 3 is 2.43 bits per heavy atom. The molecule has 1 saturated heterocycles. The average molecular weight is 418 g/mol. The van der Waals surface area contributed by atoms with Crippen molar-refractivity contribution in [3.8, 4) is 11.5 Å². The van der Waals surface area contributed by atoms with E-state index in [1.807, 2.05) is 0 Å². The maximum Gasteiger partial charge on any atom is 0.416 e. The minimum Gasteiger partial charge on any atom is -0.444 e. The number of benzene rings is 1. The van der Waals surface area contributed by atoms with Crippen molar-refractivity contribution in [2.45, 2.75) is 6.18 Å². The molecule has 0 atom stereocenters. The Kier molecular flexibility index (Phi) is 5.40. The zero-order valence-electron chi connectivity index (χ0n) is 15.6. The maximum absolute atomic E-state index is 12.7. The summed E-state index contributed by atoms with van der Waals surface area (Å²) in [5, 5.41) is 2.67. The highest BCUT2D eigenvalue weighted by atomic mass is 19.4. The highest BCUT2D eigenvalue weighted by Gasteiger charge is 2.30. The van der Waals surface area contributed by atoms with Gasteiger partial charge in [-0.2, -0.15) is 13.2 Å². The first-order valence-corrected chi connectivity index (χ1v) is 9.13. The molecule has 0 unspecified atom stereocenters. The molecule has 2 aromatic heterocycles. The third kappa shape index (κ3) is 4.43. The number of hydrogen-bond acceptors (Lipinski definition) is 6. The van der Waals surface area contributed by atoms with Crippen LogP contribution in [0, 0.1) is 0 Å². The van der Waals surface area contributed by atoms with E-state index < -0.39 is 17.6 Å². The number of alkyl halides is 3. The summed E-state index contributed by atoms with van der Waals surface area (Å²) in [4.78, 5) is 22.9. The maximum atomic E-state index is 12.7. The molecule has 3 aromatic rings. The van der Waals surface area contributed by atoms with E-state index in [4.69, 9.17) is 9.15 Å². The minimum atomic E-state index is -4.43. The molecule has 0 spiro atoms. The third-order valence-electron chi connectivity index (χ3n) is 4.54. The van der Waals surface area contributed by atoms with Gasteiger partial charge in [0.2, 0.25) is 5.89 Å². The van der Waals surface area contributed by atoms with E-state index in [2.05, 4.69) is 20.2 Å². The quantitative estimate of drug-likeness (QED) is 0.694. The lowest BCUT2D eigenvalue weighted by Gasteiger charge is -2.27. The normalized spacial score (nSPS) is 14.6. The number of halogens is 3. The third-order valence-corrected chi connectivity index (χ3v) is 4.54. The zero-order valence-corrected chi connectivity index (χ0v) is 15.6. The molecule has 10 heteroatoms. The fourth-order valence-electron chi connectivity index (χ4n) is 2.95. The zero-order chi connectivity index (χ0) is 21.1. The van der Waals surface area contributed by atoms with Gasteiger partial charge in [0.05, 0.1) is 30.7 Å². The molecule has 30 heavy (non-hydrogen) atoms. The number of carbonyl (C=O) groups excluding carboxylic acids is 1. The summed E-state index contributed by atoms with van der Waals surface area (Å²) in [6.45, 7) is 2.80. The van der Waals surface area contributed by atoms with Crippen LogP contribution in [0.1, 0.15) is 16.1 Å². The Hall–Kier alpha value is -3.40. The number of ether oxygens (including phenoxy) is 1. The van der Waals surface area contributed by atoms with E-state index in [0.29, 0.717) is 24.5 Å². The lowest BCUT2D eigenvalue weighted by molar-refractivity contribution is -0.137. The van der Waals surface area contributed by atoms with Gasteiger partial charge in [-0.3, -0.25) is 4.79 Å². The topological polar surface area (TPSA) is 80.5 Å². The molecule has 1 fully saturated rings. The molecule has 1 amide bonds. The second-order valence-corrected chi connectivity index (χ2v) is 6.57. The van der Waals surface area contributed by atoms with Gasteiger partial charge in [-0.15, -0.1) is 0 Å². The number of nitrogens with zero attached hydrogens (tertiary/aromatic N) is 3. The molecule has 0 aliphatic carbocycles. The minimum absolute atomic E-state index is 0.00199. The van der Waals surface area contributed by atoms with Gasteiger partial charge in [0.25, 0.3) is 5.91 Å². The van der Waals surface area contributed by atoms with E-state index in [1.54, 1.807) is 18.3 Å². The molecule has 1 N–H and O–H groups in total. The number of hydrogen-bond donors (Lipinski definition) is 1. The van der Waals surface area contributed by atoms with Crippen LogP contribution in [-0.2, 0) is 10.9 Å². The van der Waals surface area contributed by atoms with Crippen LogP contribution in [0.4, 0.5) is 24.7 Å². The van der Waals surface area contributed by atoms with Crippen LogP contribution in [-0.4, -0.2) is 42.2 Å². The van der Waals surface area contributed by atoms with Crippen molar-refractivity contribution in [1.29, 1.82) is 0 Å². The first kappa shape index (κ1) is 19.9.